The Balaban J connectivity index is 1.60. The van der Waals surface area contributed by atoms with Gasteiger partial charge in [0.2, 0.25) is 0 Å². The summed E-state index contributed by atoms with van der Waals surface area (Å²) in [5.41, 5.74) is 1.25. The van der Waals surface area contributed by atoms with Crippen LogP contribution in [0.4, 0.5) is 11.6 Å². The predicted molar refractivity (Wildman–Crippen MR) is 103 cm³/mol. The van der Waals surface area contributed by atoms with Crippen molar-refractivity contribution >= 4 is 11.6 Å². The Hall–Kier alpha value is -2.30. The lowest BCUT2D eigenvalue weighted by Crippen LogP contribution is -2.33. The molecule has 0 saturated carbocycles. The number of nitrogens with one attached hydrogen (secondary N) is 1. The van der Waals surface area contributed by atoms with Crippen LogP contribution in [0.1, 0.15) is 31.2 Å². The van der Waals surface area contributed by atoms with Gasteiger partial charge in [-0.25, -0.2) is 9.97 Å². The van der Waals surface area contributed by atoms with Gasteiger partial charge in [0.05, 0.1) is 7.11 Å². The fraction of sp³-hybridized carbons (Fsp3) is 0.500. The molecule has 0 aliphatic carbocycles. The van der Waals surface area contributed by atoms with Crippen LogP contribution in [0.5, 0.6) is 5.75 Å². The minimum absolute atomic E-state index is 0.819. The van der Waals surface area contributed by atoms with Gasteiger partial charge in [-0.2, -0.15) is 0 Å². The zero-order valence-electron chi connectivity index (χ0n) is 15.5. The number of anilines is 2. The first-order chi connectivity index (χ1) is 12.1. The number of rotatable bonds is 6. The van der Waals surface area contributed by atoms with Gasteiger partial charge >= 0.3 is 0 Å². The molecule has 1 aromatic carbocycles. The largest absolute Gasteiger partial charge is 0.497 e. The summed E-state index contributed by atoms with van der Waals surface area (Å²) in [5.74, 6) is 4.49. The van der Waals surface area contributed by atoms with E-state index in [-0.39, 0.29) is 0 Å². The van der Waals surface area contributed by atoms with Crippen molar-refractivity contribution < 1.29 is 4.74 Å². The van der Waals surface area contributed by atoms with E-state index in [0.29, 0.717) is 0 Å². The molecule has 1 saturated heterocycles. The Morgan fingerprint density at radius 3 is 2.76 bits per heavy atom. The fourth-order valence-corrected chi connectivity index (χ4v) is 3.21. The van der Waals surface area contributed by atoms with Crippen LogP contribution >= 0.6 is 0 Å². The number of aromatic nitrogens is 2. The number of aryl methyl sites for hydroxylation is 1. The topological polar surface area (TPSA) is 50.3 Å². The summed E-state index contributed by atoms with van der Waals surface area (Å²) in [6.45, 7) is 7.29. The summed E-state index contributed by atoms with van der Waals surface area (Å²) >= 11 is 0. The van der Waals surface area contributed by atoms with Gasteiger partial charge < -0.3 is 15.0 Å². The van der Waals surface area contributed by atoms with E-state index >= 15 is 0 Å². The second-order valence-electron chi connectivity index (χ2n) is 6.86. The second kappa shape index (κ2) is 8.19. The summed E-state index contributed by atoms with van der Waals surface area (Å²) in [6.07, 6.45) is 3.40. The molecular formula is C20H28N4O. The lowest BCUT2D eigenvalue weighted by molar-refractivity contribution is 0.414. The molecule has 1 N–H and O–H groups in total. The van der Waals surface area contributed by atoms with Gasteiger partial charge in [0.25, 0.3) is 0 Å². The standard InChI is InChI=1S/C20H28N4O/c1-15-8-11-24(12-9-15)20-14-19(22-16(2)23-20)21-10-7-17-5-4-6-18(13-17)25-3/h4-6,13-15H,7-12H2,1-3H3,(H,21,22,23). The number of methoxy groups -OCH3 is 1. The molecule has 1 fully saturated rings. The van der Waals surface area contributed by atoms with Crippen LogP contribution < -0.4 is 15.0 Å². The Morgan fingerprint density at radius 2 is 2.00 bits per heavy atom. The molecule has 0 radical (unpaired) electrons. The molecule has 0 unspecified atom stereocenters. The summed E-state index contributed by atoms with van der Waals surface area (Å²) in [5, 5.41) is 3.44. The molecule has 134 valence electrons. The van der Waals surface area contributed by atoms with E-state index in [1.165, 1.54) is 18.4 Å². The first kappa shape index (κ1) is 17.5. The molecule has 25 heavy (non-hydrogen) atoms. The van der Waals surface area contributed by atoms with E-state index in [2.05, 4.69) is 45.3 Å². The van der Waals surface area contributed by atoms with Crippen molar-refractivity contribution in [3.05, 3.63) is 41.7 Å². The van der Waals surface area contributed by atoms with Gasteiger partial charge in [0.15, 0.2) is 0 Å². The van der Waals surface area contributed by atoms with Crippen LogP contribution in [0.3, 0.4) is 0 Å². The van der Waals surface area contributed by atoms with E-state index in [4.69, 9.17) is 4.74 Å². The third-order valence-electron chi connectivity index (χ3n) is 4.79. The molecule has 0 bridgehead atoms. The molecule has 5 heteroatoms. The molecule has 3 rings (SSSR count). The number of hydrogen-bond acceptors (Lipinski definition) is 5. The average Bonchev–Trinajstić information content (AvgIpc) is 2.62. The van der Waals surface area contributed by atoms with Crippen molar-refractivity contribution in [2.24, 2.45) is 5.92 Å². The summed E-state index contributed by atoms with van der Waals surface area (Å²) < 4.78 is 5.28. The van der Waals surface area contributed by atoms with Gasteiger partial charge in [-0.05, 0) is 49.8 Å². The lowest BCUT2D eigenvalue weighted by atomic mass is 9.99. The number of piperidine rings is 1. The third-order valence-corrected chi connectivity index (χ3v) is 4.79. The molecule has 1 aliphatic heterocycles. The molecule has 2 aromatic rings. The smallest absolute Gasteiger partial charge is 0.134 e. The number of hydrogen-bond donors (Lipinski definition) is 1. The van der Waals surface area contributed by atoms with Gasteiger partial charge in [-0.15, -0.1) is 0 Å². The Kier molecular flexibility index (Phi) is 5.74. The van der Waals surface area contributed by atoms with Crippen LogP contribution in [0.2, 0.25) is 0 Å². The van der Waals surface area contributed by atoms with Crippen molar-refractivity contribution in [2.75, 3.05) is 37.0 Å². The van der Waals surface area contributed by atoms with Crippen LogP contribution in [0.25, 0.3) is 0 Å². The van der Waals surface area contributed by atoms with E-state index in [1.807, 2.05) is 19.1 Å². The second-order valence-corrected chi connectivity index (χ2v) is 6.86. The monoisotopic (exact) mass is 340 g/mol. The molecule has 0 atom stereocenters. The first-order valence-corrected chi connectivity index (χ1v) is 9.11. The zero-order valence-corrected chi connectivity index (χ0v) is 15.5. The van der Waals surface area contributed by atoms with Crippen LogP contribution in [0, 0.1) is 12.8 Å². The Bertz CT molecular complexity index is 696. The lowest BCUT2D eigenvalue weighted by Gasteiger charge is -2.31. The molecule has 2 heterocycles. The normalized spacial score (nSPS) is 15.2. The fourth-order valence-electron chi connectivity index (χ4n) is 3.21. The van der Waals surface area contributed by atoms with E-state index < -0.39 is 0 Å². The maximum atomic E-state index is 5.28. The zero-order chi connectivity index (χ0) is 17.6. The highest BCUT2D eigenvalue weighted by Gasteiger charge is 2.17. The van der Waals surface area contributed by atoms with E-state index in [1.54, 1.807) is 7.11 Å². The van der Waals surface area contributed by atoms with Crippen LogP contribution in [-0.2, 0) is 6.42 Å². The average molecular weight is 340 g/mol. The molecule has 0 spiro atoms. The molecule has 1 aliphatic rings. The molecule has 0 amide bonds. The Labute approximate surface area is 150 Å². The minimum Gasteiger partial charge on any atom is -0.497 e. The van der Waals surface area contributed by atoms with E-state index in [9.17, 15) is 0 Å². The summed E-state index contributed by atoms with van der Waals surface area (Å²) in [4.78, 5) is 11.5. The SMILES string of the molecule is COc1cccc(CCNc2cc(N3CCC(C)CC3)nc(C)n2)c1. The van der Waals surface area contributed by atoms with Gasteiger partial charge in [0.1, 0.15) is 23.2 Å². The van der Waals surface area contributed by atoms with Gasteiger partial charge in [-0.3, -0.25) is 0 Å². The maximum Gasteiger partial charge on any atom is 0.134 e. The molecule has 5 nitrogen and oxygen atoms in total. The third kappa shape index (κ3) is 4.84. The molecular weight excluding hydrogens is 312 g/mol. The highest BCUT2D eigenvalue weighted by molar-refractivity contribution is 5.49. The number of nitrogens with zero attached hydrogens (tertiary/aromatic N) is 3. The Morgan fingerprint density at radius 1 is 1.20 bits per heavy atom. The number of ether oxygens (including phenoxy) is 1. The maximum absolute atomic E-state index is 5.28. The summed E-state index contributed by atoms with van der Waals surface area (Å²) in [7, 11) is 1.70. The van der Waals surface area contributed by atoms with Gasteiger partial charge in [0, 0.05) is 25.7 Å². The summed E-state index contributed by atoms with van der Waals surface area (Å²) in [6, 6.07) is 10.3. The molecule has 1 aromatic heterocycles. The predicted octanol–water partition coefficient (Wildman–Crippen LogP) is 3.68. The van der Waals surface area contributed by atoms with Crippen molar-refractivity contribution in [1.82, 2.24) is 9.97 Å². The highest BCUT2D eigenvalue weighted by atomic mass is 16.5. The van der Waals surface area contributed by atoms with E-state index in [0.717, 1.165) is 55.2 Å². The first-order valence-electron chi connectivity index (χ1n) is 9.11. The highest BCUT2D eigenvalue weighted by Crippen LogP contribution is 2.23. The minimum atomic E-state index is 0.819. The van der Waals surface area contributed by atoms with Crippen molar-refractivity contribution in [1.29, 1.82) is 0 Å². The van der Waals surface area contributed by atoms with Gasteiger partial charge in [-0.1, -0.05) is 19.1 Å². The number of benzene rings is 1. The van der Waals surface area contributed by atoms with Crippen molar-refractivity contribution in [3.63, 3.8) is 0 Å². The quantitative estimate of drug-likeness (QED) is 0.869. The van der Waals surface area contributed by atoms with Crippen molar-refractivity contribution in [2.45, 2.75) is 33.1 Å². The van der Waals surface area contributed by atoms with Crippen molar-refractivity contribution in [3.8, 4) is 5.75 Å². The van der Waals surface area contributed by atoms with Crippen LogP contribution in [-0.4, -0.2) is 36.7 Å². The van der Waals surface area contributed by atoms with Crippen LogP contribution in [0.15, 0.2) is 30.3 Å².